The molecule has 0 spiro atoms. The summed E-state index contributed by atoms with van der Waals surface area (Å²) in [5, 5.41) is 18.2. The van der Waals surface area contributed by atoms with E-state index in [0.29, 0.717) is 24.2 Å². The van der Waals surface area contributed by atoms with Gasteiger partial charge in [-0.25, -0.2) is 0 Å². The molecule has 1 aromatic carbocycles. The SMILES string of the molecule is CCN(C(=O)c1ccc(B(O)O)cc1)C1CCOC(C)(C)C1. The van der Waals surface area contributed by atoms with E-state index in [2.05, 4.69) is 13.8 Å². The summed E-state index contributed by atoms with van der Waals surface area (Å²) in [5.41, 5.74) is 0.740. The average molecular weight is 305 g/mol. The molecular formula is C16H24BNO4. The van der Waals surface area contributed by atoms with Crippen molar-refractivity contribution in [3.05, 3.63) is 29.8 Å². The number of carbonyl (C=O) groups is 1. The molecule has 120 valence electrons. The lowest BCUT2D eigenvalue weighted by Crippen LogP contribution is -2.48. The lowest BCUT2D eigenvalue weighted by molar-refractivity contribution is -0.0777. The van der Waals surface area contributed by atoms with Gasteiger partial charge in [-0.05, 0) is 51.2 Å². The summed E-state index contributed by atoms with van der Waals surface area (Å²) in [4.78, 5) is 14.6. The Morgan fingerprint density at radius 1 is 1.36 bits per heavy atom. The van der Waals surface area contributed by atoms with E-state index in [1.807, 2.05) is 11.8 Å². The third kappa shape index (κ3) is 3.88. The second-order valence-corrected chi connectivity index (χ2v) is 6.34. The summed E-state index contributed by atoms with van der Waals surface area (Å²) in [6, 6.07) is 6.60. The Hall–Kier alpha value is -1.37. The lowest BCUT2D eigenvalue weighted by Gasteiger charge is -2.41. The first-order valence-corrected chi connectivity index (χ1v) is 7.75. The molecule has 5 nitrogen and oxygen atoms in total. The van der Waals surface area contributed by atoms with Gasteiger partial charge in [-0.1, -0.05) is 12.1 Å². The number of amides is 1. The van der Waals surface area contributed by atoms with Crippen molar-refractivity contribution in [2.75, 3.05) is 13.2 Å². The smallest absolute Gasteiger partial charge is 0.423 e. The van der Waals surface area contributed by atoms with Gasteiger partial charge in [0, 0.05) is 24.8 Å². The van der Waals surface area contributed by atoms with Crippen LogP contribution in [0.4, 0.5) is 0 Å². The summed E-state index contributed by atoms with van der Waals surface area (Å²) in [7, 11) is -1.51. The van der Waals surface area contributed by atoms with Crippen LogP contribution in [0.15, 0.2) is 24.3 Å². The second kappa shape index (κ2) is 6.81. The van der Waals surface area contributed by atoms with Gasteiger partial charge in [-0.2, -0.15) is 0 Å². The molecule has 1 aliphatic rings. The predicted molar refractivity (Wildman–Crippen MR) is 86.0 cm³/mol. The third-order valence-corrected chi connectivity index (χ3v) is 4.17. The van der Waals surface area contributed by atoms with E-state index in [1.165, 1.54) is 0 Å². The highest BCUT2D eigenvalue weighted by molar-refractivity contribution is 6.58. The molecule has 0 bridgehead atoms. The first-order valence-electron chi connectivity index (χ1n) is 7.75. The maximum Gasteiger partial charge on any atom is 0.488 e. The molecule has 22 heavy (non-hydrogen) atoms. The average Bonchev–Trinajstić information content (AvgIpc) is 2.47. The summed E-state index contributed by atoms with van der Waals surface area (Å²) in [5.74, 6) is -0.0239. The Balaban J connectivity index is 2.14. The van der Waals surface area contributed by atoms with Crippen LogP contribution in [0.1, 0.15) is 44.0 Å². The molecule has 0 radical (unpaired) electrons. The Kier molecular flexibility index (Phi) is 5.26. The van der Waals surface area contributed by atoms with Gasteiger partial charge in [0.1, 0.15) is 0 Å². The topological polar surface area (TPSA) is 70.0 Å². The molecule has 1 saturated heterocycles. The van der Waals surface area contributed by atoms with Crippen molar-refractivity contribution in [1.82, 2.24) is 4.90 Å². The fraction of sp³-hybridized carbons (Fsp3) is 0.562. The number of hydrogen-bond acceptors (Lipinski definition) is 4. The number of ether oxygens (including phenoxy) is 1. The van der Waals surface area contributed by atoms with Crippen LogP contribution in [0.5, 0.6) is 0 Å². The predicted octanol–water partition coefficient (Wildman–Crippen LogP) is 0.786. The van der Waals surface area contributed by atoms with Gasteiger partial charge < -0.3 is 19.7 Å². The van der Waals surface area contributed by atoms with E-state index in [-0.39, 0.29) is 17.6 Å². The van der Waals surface area contributed by atoms with Crippen LogP contribution in [0.25, 0.3) is 0 Å². The third-order valence-electron chi connectivity index (χ3n) is 4.17. The quantitative estimate of drug-likeness (QED) is 0.807. The molecule has 2 rings (SSSR count). The van der Waals surface area contributed by atoms with E-state index in [9.17, 15) is 4.79 Å². The van der Waals surface area contributed by atoms with E-state index in [0.717, 1.165) is 12.8 Å². The number of benzene rings is 1. The van der Waals surface area contributed by atoms with Crippen molar-refractivity contribution in [1.29, 1.82) is 0 Å². The van der Waals surface area contributed by atoms with Crippen LogP contribution in [0, 0.1) is 0 Å². The van der Waals surface area contributed by atoms with Crippen LogP contribution in [-0.4, -0.2) is 52.8 Å². The van der Waals surface area contributed by atoms with E-state index >= 15 is 0 Å². The van der Waals surface area contributed by atoms with Gasteiger partial charge in [0.25, 0.3) is 5.91 Å². The molecule has 1 fully saturated rings. The Bertz CT molecular complexity index is 515. The number of rotatable bonds is 4. The van der Waals surface area contributed by atoms with Crippen molar-refractivity contribution in [3.63, 3.8) is 0 Å². The van der Waals surface area contributed by atoms with Crippen molar-refractivity contribution in [3.8, 4) is 0 Å². The normalized spacial score (nSPS) is 20.5. The van der Waals surface area contributed by atoms with Crippen molar-refractivity contribution >= 4 is 18.5 Å². The number of hydrogen-bond donors (Lipinski definition) is 2. The van der Waals surface area contributed by atoms with Gasteiger partial charge in [-0.3, -0.25) is 4.79 Å². The molecule has 0 aromatic heterocycles. The summed E-state index contributed by atoms with van der Waals surface area (Å²) >= 11 is 0. The van der Waals surface area contributed by atoms with E-state index < -0.39 is 7.12 Å². The van der Waals surface area contributed by atoms with Crippen LogP contribution < -0.4 is 5.46 Å². The highest BCUT2D eigenvalue weighted by Gasteiger charge is 2.34. The lowest BCUT2D eigenvalue weighted by atomic mass is 9.80. The molecule has 6 heteroatoms. The zero-order valence-electron chi connectivity index (χ0n) is 13.5. The van der Waals surface area contributed by atoms with E-state index in [4.69, 9.17) is 14.8 Å². The number of nitrogens with zero attached hydrogens (tertiary/aromatic N) is 1. The van der Waals surface area contributed by atoms with Gasteiger partial charge in [0.05, 0.1) is 5.60 Å². The molecule has 0 saturated carbocycles. The molecule has 1 atom stereocenters. The summed E-state index contributed by atoms with van der Waals surface area (Å²) in [6.45, 7) is 7.39. The molecule has 1 unspecified atom stereocenters. The molecule has 0 aliphatic carbocycles. The largest absolute Gasteiger partial charge is 0.488 e. The van der Waals surface area contributed by atoms with Crippen molar-refractivity contribution < 1.29 is 19.6 Å². The first-order chi connectivity index (χ1) is 10.3. The molecular weight excluding hydrogens is 281 g/mol. The minimum atomic E-state index is -1.51. The van der Waals surface area contributed by atoms with Gasteiger partial charge in [0.2, 0.25) is 0 Å². The van der Waals surface area contributed by atoms with Gasteiger partial charge in [-0.15, -0.1) is 0 Å². The van der Waals surface area contributed by atoms with Crippen LogP contribution in [0.3, 0.4) is 0 Å². The zero-order chi connectivity index (χ0) is 16.3. The summed E-state index contributed by atoms with van der Waals surface area (Å²) in [6.07, 6.45) is 1.66. The monoisotopic (exact) mass is 305 g/mol. The van der Waals surface area contributed by atoms with Crippen LogP contribution in [-0.2, 0) is 4.74 Å². The Morgan fingerprint density at radius 2 is 2.00 bits per heavy atom. The maximum atomic E-state index is 12.7. The first kappa shape index (κ1) is 17.0. The standard InChI is InChI=1S/C16H24BNO4/c1-4-18(14-9-10-22-16(2,3)11-14)15(19)12-5-7-13(8-6-12)17(20)21/h5-8,14,20-21H,4,9-11H2,1-3H3. The fourth-order valence-electron chi connectivity index (χ4n) is 3.00. The highest BCUT2D eigenvalue weighted by Crippen LogP contribution is 2.28. The van der Waals surface area contributed by atoms with Crippen LogP contribution in [0.2, 0.25) is 0 Å². The molecule has 1 aliphatic heterocycles. The molecule has 1 amide bonds. The second-order valence-electron chi connectivity index (χ2n) is 6.34. The van der Waals surface area contributed by atoms with E-state index in [1.54, 1.807) is 24.3 Å². The molecule has 2 N–H and O–H groups in total. The Morgan fingerprint density at radius 3 is 2.50 bits per heavy atom. The van der Waals surface area contributed by atoms with Crippen molar-refractivity contribution in [2.45, 2.75) is 45.3 Å². The van der Waals surface area contributed by atoms with Crippen molar-refractivity contribution in [2.24, 2.45) is 0 Å². The molecule has 1 aromatic rings. The number of carbonyl (C=O) groups excluding carboxylic acids is 1. The minimum Gasteiger partial charge on any atom is -0.423 e. The molecule has 1 heterocycles. The fourth-order valence-corrected chi connectivity index (χ4v) is 3.00. The minimum absolute atomic E-state index is 0.0239. The Labute approximate surface area is 132 Å². The summed E-state index contributed by atoms with van der Waals surface area (Å²) < 4.78 is 5.72. The highest BCUT2D eigenvalue weighted by atomic mass is 16.5. The zero-order valence-corrected chi connectivity index (χ0v) is 13.5. The van der Waals surface area contributed by atoms with Gasteiger partial charge in [0.15, 0.2) is 0 Å². The van der Waals surface area contributed by atoms with Crippen LogP contribution >= 0.6 is 0 Å². The maximum absolute atomic E-state index is 12.7. The van der Waals surface area contributed by atoms with Gasteiger partial charge >= 0.3 is 7.12 Å².